The van der Waals surface area contributed by atoms with Crippen molar-refractivity contribution in [3.63, 3.8) is 0 Å². The van der Waals surface area contributed by atoms with Crippen molar-refractivity contribution in [2.45, 2.75) is 13.0 Å². The SMILES string of the molecule is COc1cccc(C(C)N(C(=O)O)c2ccc(Oc3ccnc4cc(OC)c(OC)cc34)cc2)c1. The molecule has 0 aliphatic rings. The van der Waals surface area contributed by atoms with Crippen LogP contribution in [0.5, 0.6) is 28.7 Å². The van der Waals surface area contributed by atoms with E-state index in [0.717, 1.165) is 10.9 Å². The van der Waals surface area contributed by atoms with E-state index in [4.69, 9.17) is 18.9 Å². The van der Waals surface area contributed by atoms with Crippen LogP contribution in [0, 0.1) is 0 Å². The summed E-state index contributed by atoms with van der Waals surface area (Å²) in [5.74, 6) is 2.95. The molecule has 0 fully saturated rings. The van der Waals surface area contributed by atoms with Crippen LogP contribution < -0.4 is 23.8 Å². The highest BCUT2D eigenvalue weighted by molar-refractivity contribution is 5.89. The van der Waals surface area contributed by atoms with Crippen LogP contribution in [0.25, 0.3) is 10.9 Å². The molecule has 1 aromatic heterocycles. The van der Waals surface area contributed by atoms with Crippen LogP contribution in [0.15, 0.2) is 72.9 Å². The standard InChI is InChI=1S/C27H26N2O6/c1-17(18-6-5-7-21(14-18)32-2)29(27(30)31)19-8-10-20(11-9-19)35-24-12-13-28-23-16-26(34-4)25(33-3)15-22(23)24/h5-17H,1-4H3,(H,30,31). The highest BCUT2D eigenvalue weighted by Gasteiger charge is 2.23. The van der Waals surface area contributed by atoms with Gasteiger partial charge in [-0.25, -0.2) is 4.79 Å². The van der Waals surface area contributed by atoms with Crippen molar-refractivity contribution in [3.8, 4) is 28.7 Å². The van der Waals surface area contributed by atoms with Gasteiger partial charge in [0.15, 0.2) is 11.5 Å². The first-order valence-electron chi connectivity index (χ1n) is 10.9. The van der Waals surface area contributed by atoms with Crippen molar-refractivity contribution in [1.82, 2.24) is 4.98 Å². The molecule has 3 aromatic carbocycles. The fourth-order valence-corrected chi connectivity index (χ4v) is 3.89. The molecular weight excluding hydrogens is 448 g/mol. The van der Waals surface area contributed by atoms with Crippen molar-refractivity contribution in [2.24, 2.45) is 0 Å². The lowest BCUT2D eigenvalue weighted by Gasteiger charge is -2.27. The van der Waals surface area contributed by atoms with Crippen molar-refractivity contribution in [3.05, 3.63) is 78.5 Å². The van der Waals surface area contributed by atoms with Crippen LogP contribution in [0.2, 0.25) is 0 Å². The van der Waals surface area contributed by atoms with Gasteiger partial charge in [-0.2, -0.15) is 0 Å². The van der Waals surface area contributed by atoms with Gasteiger partial charge in [0.2, 0.25) is 0 Å². The average Bonchev–Trinajstić information content (AvgIpc) is 2.89. The number of amides is 1. The van der Waals surface area contributed by atoms with E-state index in [2.05, 4.69) is 4.98 Å². The minimum Gasteiger partial charge on any atom is -0.497 e. The van der Waals surface area contributed by atoms with E-state index in [-0.39, 0.29) is 0 Å². The molecule has 1 N–H and O–H groups in total. The fraction of sp³-hybridized carbons (Fsp3) is 0.185. The van der Waals surface area contributed by atoms with Crippen LogP contribution in [0.3, 0.4) is 0 Å². The molecule has 1 heterocycles. The Morgan fingerprint density at radius 3 is 2.23 bits per heavy atom. The van der Waals surface area contributed by atoms with Crippen molar-refractivity contribution in [2.75, 3.05) is 26.2 Å². The number of hydrogen-bond donors (Lipinski definition) is 1. The number of carbonyl (C=O) groups is 1. The number of rotatable bonds is 8. The van der Waals surface area contributed by atoms with Gasteiger partial charge in [0.05, 0.1) is 32.9 Å². The topological polar surface area (TPSA) is 90.4 Å². The normalized spacial score (nSPS) is 11.5. The smallest absolute Gasteiger partial charge is 0.412 e. The maximum Gasteiger partial charge on any atom is 0.412 e. The number of ether oxygens (including phenoxy) is 4. The Hall–Kier alpha value is -4.46. The number of pyridine rings is 1. The van der Waals surface area contributed by atoms with E-state index in [0.29, 0.717) is 40.0 Å². The number of fused-ring (bicyclic) bond motifs is 1. The van der Waals surface area contributed by atoms with E-state index in [1.807, 2.05) is 37.3 Å². The highest BCUT2D eigenvalue weighted by Crippen LogP contribution is 2.37. The molecule has 0 spiro atoms. The molecule has 35 heavy (non-hydrogen) atoms. The van der Waals surface area contributed by atoms with Gasteiger partial charge in [-0.3, -0.25) is 9.88 Å². The summed E-state index contributed by atoms with van der Waals surface area (Å²) in [6, 6.07) is 19.2. The molecule has 0 radical (unpaired) electrons. The summed E-state index contributed by atoms with van der Waals surface area (Å²) in [5.41, 5.74) is 2.03. The zero-order chi connectivity index (χ0) is 24.9. The summed E-state index contributed by atoms with van der Waals surface area (Å²) in [6.45, 7) is 1.83. The van der Waals surface area contributed by atoms with Crippen LogP contribution in [0.1, 0.15) is 18.5 Å². The van der Waals surface area contributed by atoms with E-state index in [1.165, 1.54) is 4.90 Å². The molecule has 0 aliphatic carbocycles. The molecule has 0 bridgehead atoms. The van der Waals surface area contributed by atoms with Crippen molar-refractivity contribution in [1.29, 1.82) is 0 Å². The van der Waals surface area contributed by atoms with Gasteiger partial charge in [-0.05, 0) is 61.0 Å². The van der Waals surface area contributed by atoms with E-state index in [9.17, 15) is 9.90 Å². The average molecular weight is 475 g/mol. The molecule has 0 aliphatic heterocycles. The lowest BCUT2D eigenvalue weighted by Crippen LogP contribution is -2.32. The van der Waals surface area contributed by atoms with Crippen molar-refractivity contribution < 1.29 is 28.8 Å². The van der Waals surface area contributed by atoms with E-state index < -0.39 is 12.1 Å². The summed E-state index contributed by atoms with van der Waals surface area (Å²) in [5, 5.41) is 10.7. The molecule has 0 saturated carbocycles. The van der Waals surface area contributed by atoms with E-state index >= 15 is 0 Å². The Morgan fingerprint density at radius 1 is 0.857 bits per heavy atom. The monoisotopic (exact) mass is 474 g/mol. The molecule has 1 amide bonds. The Labute approximate surface area is 203 Å². The summed E-state index contributed by atoms with van der Waals surface area (Å²) in [6.07, 6.45) is 0.593. The lowest BCUT2D eigenvalue weighted by molar-refractivity contribution is 0.199. The number of methoxy groups -OCH3 is 3. The number of nitrogens with zero attached hydrogens (tertiary/aromatic N) is 2. The quantitative estimate of drug-likeness (QED) is 0.320. The second kappa shape index (κ2) is 10.2. The Bertz CT molecular complexity index is 1340. The maximum absolute atomic E-state index is 12.1. The predicted molar refractivity (Wildman–Crippen MR) is 133 cm³/mol. The molecule has 180 valence electrons. The molecule has 0 saturated heterocycles. The maximum atomic E-state index is 12.1. The molecule has 8 nitrogen and oxygen atoms in total. The number of aromatic nitrogens is 1. The third-order valence-electron chi connectivity index (χ3n) is 5.72. The molecule has 8 heteroatoms. The number of benzene rings is 3. The van der Waals surface area contributed by atoms with Gasteiger partial charge < -0.3 is 24.1 Å². The third-order valence-corrected chi connectivity index (χ3v) is 5.72. The van der Waals surface area contributed by atoms with Crippen molar-refractivity contribution >= 4 is 22.7 Å². The first-order chi connectivity index (χ1) is 16.9. The summed E-state index contributed by atoms with van der Waals surface area (Å²) in [7, 11) is 4.72. The number of hydrogen-bond acceptors (Lipinski definition) is 6. The van der Waals surface area contributed by atoms with Crippen LogP contribution >= 0.6 is 0 Å². The van der Waals surface area contributed by atoms with Gasteiger partial charge in [0.25, 0.3) is 0 Å². The fourth-order valence-electron chi connectivity index (χ4n) is 3.89. The zero-order valence-electron chi connectivity index (χ0n) is 19.9. The Balaban J connectivity index is 1.62. The highest BCUT2D eigenvalue weighted by atomic mass is 16.5. The van der Waals surface area contributed by atoms with Gasteiger partial charge in [-0.1, -0.05) is 12.1 Å². The second-order valence-electron chi connectivity index (χ2n) is 7.73. The van der Waals surface area contributed by atoms with Gasteiger partial charge >= 0.3 is 6.09 Å². The van der Waals surface area contributed by atoms with Crippen LogP contribution in [-0.2, 0) is 0 Å². The number of anilines is 1. The van der Waals surface area contributed by atoms with Crippen LogP contribution in [-0.4, -0.2) is 37.5 Å². The Morgan fingerprint density at radius 2 is 1.57 bits per heavy atom. The lowest BCUT2D eigenvalue weighted by atomic mass is 10.1. The van der Waals surface area contributed by atoms with Gasteiger partial charge in [-0.15, -0.1) is 0 Å². The minimum absolute atomic E-state index is 0.430. The zero-order valence-corrected chi connectivity index (χ0v) is 19.9. The predicted octanol–water partition coefficient (Wildman–Crippen LogP) is 6.30. The summed E-state index contributed by atoms with van der Waals surface area (Å²) >= 11 is 0. The molecule has 1 unspecified atom stereocenters. The van der Waals surface area contributed by atoms with Gasteiger partial charge in [0, 0.05) is 23.3 Å². The minimum atomic E-state index is -1.06. The largest absolute Gasteiger partial charge is 0.497 e. The van der Waals surface area contributed by atoms with E-state index in [1.54, 1.807) is 63.9 Å². The number of carboxylic acid groups (broad SMARTS) is 1. The first-order valence-corrected chi connectivity index (χ1v) is 10.9. The molecule has 4 aromatic rings. The van der Waals surface area contributed by atoms with Crippen LogP contribution in [0.4, 0.5) is 10.5 Å². The Kier molecular flexibility index (Phi) is 6.91. The third kappa shape index (κ3) is 4.91. The molecule has 4 rings (SSSR count). The van der Waals surface area contributed by atoms with Gasteiger partial charge in [0.1, 0.15) is 17.2 Å². The summed E-state index contributed by atoms with van der Waals surface area (Å²) < 4.78 is 22.2. The second-order valence-corrected chi connectivity index (χ2v) is 7.73. The summed E-state index contributed by atoms with van der Waals surface area (Å²) in [4.78, 5) is 17.8. The first kappa shape index (κ1) is 23.7. The molecule has 1 atom stereocenters. The molecular formula is C27H26N2O6.